The molecule has 1 saturated carbocycles. The average molecular weight is 348 g/mol. The normalized spacial score (nSPS) is 14.6. The molecule has 1 aliphatic rings. The van der Waals surface area contributed by atoms with Gasteiger partial charge in [-0.25, -0.2) is 4.99 Å². The third-order valence-corrected chi connectivity index (χ3v) is 4.08. The third kappa shape index (κ3) is 3.28. The predicted octanol–water partition coefficient (Wildman–Crippen LogP) is 3.75. The largest absolute Gasteiger partial charge is 0.480 e. The molecule has 1 aliphatic carbocycles. The standard InChI is InChI=1S/C17H18ClN3O3/c1-10-6-12(18)7-11(2)16(10)19-17(24-9-22)14-8-15(23-3)20-21(14)13-4-5-13/h6-9,13H,4-5H2,1-3H3/b19-17-. The van der Waals surface area contributed by atoms with Crippen LogP contribution in [0.1, 0.15) is 35.7 Å². The zero-order chi connectivity index (χ0) is 17.3. The molecule has 2 aromatic rings. The molecule has 0 amide bonds. The average Bonchev–Trinajstić information content (AvgIpc) is 3.29. The van der Waals surface area contributed by atoms with Gasteiger partial charge in [-0.1, -0.05) is 11.6 Å². The maximum Gasteiger partial charge on any atom is 0.299 e. The summed E-state index contributed by atoms with van der Waals surface area (Å²) in [6, 6.07) is 5.66. The Hall–Kier alpha value is -2.34. The Labute approximate surface area is 145 Å². The monoisotopic (exact) mass is 347 g/mol. The van der Waals surface area contributed by atoms with E-state index in [-0.39, 0.29) is 11.9 Å². The number of aromatic nitrogens is 2. The molecule has 1 fully saturated rings. The lowest BCUT2D eigenvalue weighted by Crippen LogP contribution is -2.13. The van der Waals surface area contributed by atoms with Crippen LogP contribution >= 0.6 is 11.6 Å². The van der Waals surface area contributed by atoms with Crippen molar-refractivity contribution >= 4 is 29.7 Å². The molecule has 0 unspecified atom stereocenters. The first kappa shape index (κ1) is 16.5. The van der Waals surface area contributed by atoms with E-state index in [0.717, 1.165) is 29.7 Å². The number of hydrogen-bond acceptors (Lipinski definition) is 5. The molecule has 1 aromatic heterocycles. The van der Waals surface area contributed by atoms with Crippen molar-refractivity contribution in [3.8, 4) is 5.88 Å². The lowest BCUT2D eigenvalue weighted by molar-refractivity contribution is -0.121. The minimum atomic E-state index is 0.196. The number of halogens is 1. The van der Waals surface area contributed by atoms with Gasteiger partial charge in [-0.2, -0.15) is 0 Å². The number of benzene rings is 1. The molecule has 0 N–H and O–H groups in total. The molecule has 24 heavy (non-hydrogen) atoms. The number of ether oxygens (including phenoxy) is 2. The van der Waals surface area contributed by atoms with E-state index < -0.39 is 0 Å². The van der Waals surface area contributed by atoms with Crippen LogP contribution in [-0.4, -0.2) is 29.3 Å². The van der Waals surface area contributed by atoms with Gasteiger partial charge in [-0.15, -0.1) is 5.10 Å². The van der Waals surface area contributed by atoms with Gasteiger partial charge in [0, 0.05) is 11.1 Å². The van der Waals surface area contributed by atoms with Gasteiger partial charge in [0.25, 0.3) is 6.47 Å². The van der Waals surface area contributed by atoms with Crippen molar-refractivity contribution in [2.45, 2.75) is 32.7 Å². The summed E-state index contributed by atoms with van der Waals surface area (Å²) in [6.45, 7) is 4.19. The van der Waals surface area contributed by atoms with E-state index in [9.17, 15) is 4.79 Å². The van der Waals surface area contributed by atoms with E-state index in [0.29, 0.717) is 23.1 Å². The van der Waals surface area contributed by atoms with E-state index in [2.05, 4.69) is 10.1 Å². The molecule has 0 bridgehead atoms. The maximum absolute atomic E-state index is 11.0. The summed E-state index contributed by atoms with van der Waals surface area (Å²) in [6.07, 6.45) is 2.07. The van der Waals surface area contributed by atoms with Gasteiger partial charge in [0.05, 0.1) is 18.8 Å². The maximum atomic E-state index is 11.0. The summed E-state index contributed by atoms with van der Waals surface area (Å²) in [5, 5.41) is 5.04. The van der Waals surface area contributed by atoms with E-state index >= 15 is 0 Å². The first-order chi connectivity index (χ1) is 11.5. The highest BCUT2D eigenvalue weighted by Crippen LogP contribution is 2.37. The number of nitrogens with zero attached hydrogens (tertiary/aromatic N) is 3. The summed E-state index contributed by atoms with van der Waals surface area (Å²) in [5.74, 6) is 0.657. The van der Waals surface area contributed by atoms with E-state index in [4.69, 9.17) is 21.1 Å². The second-order valence-corrected chi connectivity index (χ2v) is 6.20. The fourth-order valence-corrected chi connectivity index (χ4v) is 2.93. The highest BCUT2D eigenvalue weighted by Gasteiger charge is 2.30. The van der Waals surface area contributed by atoms with Crippen molar-refractivity contribution in [2.75, 3.05) is 7.11 Å². The summed E-state index contributed by atoms with van der Waals surface area (Å²) < 4.78 is 12.2. The van der Waals surface area contributed by atoms with Crippen molar-refractivity contribution < 1.29 is 14.3 Å². The van der Waals surface area contributed by atoms with Crippen molar-refractivity contribution in [1.29, 1.82) is 0 Å². The van der Waals surface area contributed by atoms with Crippen LogP contribution in [0.2, 0.25) is 5.02 Å². The molecule has 126 valence electrons. The van der Waals surface area contributed by atoms with Gasteiger partial charge in [0.2, 0.25) is 11.8 Å². The summed E-state index contributed by atoms with van der Waals surface area (Å²) in [7, 11) is 1.55. The molecule has 1 heterocycles. The highest BCUT2D eigenvalue weighted by atomic mass is 35.5. The molecule has 7 heteroatoms. The Morgan fingerprint density at radius 3 is 2.54 bits per heavy atom. The van der Waals surface area contributed by atoms with Crippen LogP contribution in [0.3, 0.4) is 0 Å². The highest BCUT2D eigenvalue weighted by molar-refractivity contribution is 6.30. The number of carbonyl (C=O) groups excluding carboxylic acids is 1. The Morgan fingerprint density at radius 1 is 1.33 bits per heavy atom. The van der Waals surface area contributed by atoms with Crippen LogP contribution in [0.15, 0.2) is 23.2 Å². The SMILES string of the molecule is COc1cc(/C(=N/c2c(C)cc(Cl)cc2C)OC=O)n(C2CC2)n1. The molecule has 0 saturated heterocycles. The topological polar surface area (TPSA) is 65.7 Å². The number of aliphatic imine (C=N–C) groups is 1. The second kappa shape index (κ2) is 6.65. The fourth-order valence-electron chi connectivity index (χ4n) is 2.60. The molecule has 0 spiro atoms. The van der Waals surface area contributed by atoms with Gasteiger partial charge >= 0.3 is 0 Å². The second-order valence-electron chi connectivity index (χ2n) is 5.77. The van der Waals surface area contributed by atoms with Crippen molar-refractivity contribution in [3.05, 3.63) is 40.0 Å². The van der Waals surface area contributed by atoms with Crippen LogP contribution in [0, 0.1) is 13.8 Å². The molecule has 3 rings (SSSR count). The van der Waals surface area contributed by atoms with Gasteiger partial charge in [-0.3, -0.25) is 9.48 Å². The van der Waals surface area contributed by atoms with Crippen LogP contribution < -0.4 is 4.74 Å². The van der Waals surface area contributed by atoms with Gasteiger partial charge in [0.1, 0.15) is 5.69 Å². The smallest absolute Gasteiger partial charge is 0.299 e. The van der Waals surface area contributed by atoms with Crippen LogP contribution in [0.5, 0.6) is 5.88 Å². The van der Waals surface area contributed by atoms with Crippen molar-refractivity contribution in [2.24, 2.45) is 4.99 Å². The first-order valence-electron chi connectivity index (χ1n) is 7.63. The minimum absolute atomic E-state index is 0.196. The Bertz CT molecular complexity index is 786. The Balaban J connectivity index is 2.11. The molecule has 6 nitrogen and oxygen atoms in total. The number of carbonyl (C=O) groups is 1. The summed E-state index contributed by atoms with van der Waals surface area (Å²) >= 11 is 6.07. The Morgan fingerprint density at radius 2 is 2.00 bits per heavy atom. The number of methoxy groups -OCH3 is 1. The molecule has 0 aliphatic heterocycles. The molecule has 0 atom stereocenters. The third-order valence-electron chi connectivity index (χ3n) is 3.86. The lowest BCUT2D eigenvalue weighted by atomic mass is 10.1. The number of rotatable bonds is 5. The summed E-state index contributed by atoms with van der Waals surface area (Å²) in [4.78, 5) is 15.6. The molecule has 0 radical (unpaired) electrons. The number of hydrogen-bond donors (Lipinski definition) is 0. The molecule has 1 aromatic carbocycles. The fraction of sp³-hybridized carbons (Fsp3) is 0.353. The van der Waals surface area contributed by atoms with Gasteiger partial charge in [0.15, 0.2) is 0 Å². The molecular weight excluding hydrogens is 330 g/mol. The van der Waals surface area contributed by atoms with Crippen LogP contribution in [0.4, 0.5) is 5.69 Å². The zero-order valence-corrected chi connectivity index (χ0v) is 14.5. The van der Waals surface area contributed by atoms with Crippen molar-refractivity contribution in [1.82, 2.24) is 9.78 Å². The molecular formula is C17H18ClN3O3. The van der Waals surface area contributed by atoms with E-state index in [1.165, 1.54) is 0 Å². The lowest BCUT2D eigenvalue weighted by Gasteiger charge is -2.10. The van der Waals surface area contributed by atoms with E-state index in [1.807, 2.05) is 30.7 Å². The first-order valence-corrected chi connectivity index (χ1v) is 8.01. The van der Waals surface area contributed by atoms with Gasteiger partial charge < -0.3 is 9.47 Å². The zero-order valence-electron chi connectivity index (χ0n) is 13.7. The number of aryl methyl sites for hydroxylation is 2. The van der Waals surface area contributed by atoms with E-state index in [1.54, 1.807) is 13.2 Å². The van der Waals surface area contributed by atoms with Crippen LogP contribution in [-0.2, 0) is 9.53 Å². The predicted molar refractivity (Wildman–Crippen MR) is 91.3 cm³/mol. The quantitative estimate of drug-likeness (QED) is 0.469. The minimum Gasteiger partial charge on any atom is -0.480 e. The van der Waals surface area contributed by atoms with Gasteiger partial charge in [-0.05, 0) is 49.9 Å². The van der Waals surface area contributed by atoms with Crippen molar-refractivity contribution in [3.63, 3.8) is 0 Å². The van der Waals surface area contributed by atoms with Crippen LogP contribution in [0.25, 0.3) is 0 Å². The Kier molecular flexibility index (Phi) is 4.57. The summed E-state index contributed by atoms with van der Waals surface area (Å²) in [5.41, 5.74) is 3.14.